The summed E-state index contributed by atoms with van der Waals surface area (Å²) in [6.45, 7) is 0.431. The summed E-state index contributed by atoms with van der Waals surface area (Å²) >= 11 is 12.2. The average Bonchev–Trinajstić information content (AvgIpc) is 2.98. The van der Waals surface area contributed by atoms with Crippen molar-refractivity contribution >= 4 is 45.9 Å². The molecular formula is C20H17Cl2N3O3. The van der Waals surface area contributed by atoms with Gasteiger partial charge in [0.25, 0.3) is 5.91 Å². The van der Waals surface area contributed by atoms with E-state index in [1.807, 2.05) is 0 Å². The van der Waals surface area contributed by atoms with E-state index >= 15 is 0 Å². The van der Waals surface area contributed by atoms with E-state index in [1.165, 1.54) is 0 Å². The lowest BCUT2D eigenvalue weighted by Crippen LogP contribution is -2.33. The number of halogens is 2. The number of primary amides is 1. The van der Waals surface area contributed by atoms with E-state index in [4.69, 9.17) is 33.7 Å². The van der Waals surface area contributed by atoms with E-state index in [0.29, 0.717) is 40.1 Å². The van der Waals surface area contributed by atoms with Gasteiger partial charge in [0.1, 0.15) is 11.4 Å². The molecule has 0 saturated heterocycles. The molecule has 0 aliphatic carbocycles. The van der Waals surface area contributed by atoms with Crippen molar-refractivity contribution in [2.45, 2.75) is 12.5 Å². The van der Waals surface area contributed by atoms with Gasteiger partial charge in [-0.05, 0) is 30.3 Å². The number of benzene rings is 2. The van der Waals surface area contributed by atoms with Gasteiger partial charge in [-0.25, -0.2) is 0 Å². The Morgan fingerprint density at radius 3 is 2.68 bits per heavy atom. The molecule has 3 N–H and O–H groups in total. The number of ether oxygens (including phenoxy) is 1. The number of carbonyl (C=O) groups excluding carboxylic acids is 2. The molecule has 4 rings (SSSR count). The molecule has 8 heteroatoms. The van der Waals surface area contributed by atoms with Gasteiger partial charge in [0.15, 0.2) is 0 Å². The van der Waals surface area contributed by atoms with Gasteiger partial charge >= 0.3 is 0 Å². The average molecular weight is 418 g/mol. The van der Waals surface area contributed by atoms with Gasteiger partial charge in [-0.1, -0.05) is 29.3 Å². The number of nitrogens with two attached hydrogens (primary N) is 1. The van der Waals surface area contributed by atoms with E-state index in [0.717, 1.165) is 16.5 Å². The van der Waals surface area contributed by atoms with Crippen molar-refractivity contribution in [1.29, 1.82) is 0 Å². The second kappa shape index (κ2) is 7.04. The first kappa shape index (κ1) is 18.7. The Morgan fingerprint density at radius 2 is 1.93 bits per heavy atom. The molecule has 1 atom stereocenters. The number of carbonyl (C=O) groups is 2. The summed E-state index contributed by atoms with van der Waals surface area (Å²) in [4.78, 5) is 24.3. The molecule has 1 aliphatic heterocycles. The first-order valence-corrected chi connectivity index (χ1v) is 9.42. The first-order valence-electron chi connectivity index (χ1n) is 8.67. The fourth-order valence-corrected chi connectivity index (χ4v) is 3.80. The fraction of sp³-hybridized carbons (Fsp3) is 0.200. The van der Waals surface area contributed by atoms with Gasteiger partial charge in [-0.2, -0.15) is 0 Å². The molecule has 2 amide bonds. The molecule has 6 nitrogen and oxygen atoms in total. The highest BCUT2D eigenvalue weighted by Gasteiger charge is 2.25. The first-order chi connectivity index (χ1) is 13.3. The number of nitrogens with zero attached hydrogens (tertiary/aromatic N) is 1. The summed E-state index contributed by atoms with van der Waals surface area (Å²) in [6, 6.07) is 10.0. The minimum absolute atomic E-state index is 0.220. The van der Waals surface area contributed by atoms with E-state index in [9.17, 15) is 9.59 Å². The number of fused-ring (bicyclic) bond motifs is 2. The fourth-order valence-electron chi connectivity index (χ4n) is 3.47. The maximum atomic E-state index is 12.9. The van der Waals surface area contributed by atoms with Crippen molar-refractivity contribution in [3.05, 3.63) is 63.3 Å². The van der Waals surface area contributed by atoms with Crippen molar-refractivity contribution < 1.29 is 14.3 Å². The monoisotopic (exact) mass is 417 g/mol. The van der Waals surface area contributed by atoms with Crippen LogP contribution in [0.15, 0.2) is 36.4 Å². The standard InChI is InChI=1S/C20H17Cl2N3O3/c1-25-16-9-14(22)13(21)6-11(16)7-17(25)20(27)24-15-4-5-28-18-8-10(19(23)26)2-3-12(15)18/h2-3,6-9,15H,4-5H2,1H3,(H2,23,26)(H,24,27)/t15-/m1/s1. The molecule has 2 heterocycles. The van der Waals surface area contributed by atoms with Crippen LogP contribution >= 0.6 is 23.2 Å². The number of rotatable bonds is 3. The van der Waals surface area contributed by atoms with Crippen molar-refractivity contribution in [2.75, 3.05) is 6.61 Å². The van der Waals surface area contributed by atoms with Crippen LogP contribution in [-0.2, 0) is 7.05 Å². The highest BCUT2D eigenvalue weighted by molar-refractivity contribution is 6.42. The number of hydrogen-bond acceptors (Lipinski definition) is 3. The van der Waals surface area contributed by atoms with Gasteiger partial charge < -0.3 is 20.4 Å². The van der Waals surface area contributed by atoms with Crippen LogP contribution in [0, 0.1) is 0 Å². The molecule has 28 heavy (non-hydrogen) atoms. The molecular weight excluding hydrogens is 401 g/mol. The highest BCUT2D eigenvalue weighted by Crippen LogP contribution is 2.34. The van der Waals surface area contributed by atoms with Gasteiger partial charge in [0.2, 0.25) is 5.91 Å². The van der Waals surface area contributed by atoms with Gasteiger partial charge in [0.05, 0.1) is 22.7 Å². The third-order valence-electron chi connectivity index (χ3n) is 4.96. The topological polar surface area (TPSA) is 86.3 Å². The third-order valence-corrected chi connectivity index (χ3v) is 5.68. The number of hydrogen-bond donors (Lipinski definition) is 2. The van der Waals surface area contributed by atoms with Crippen LogP contribution in [0.25, 0.3) is 10.9 Å². The van der Waals surface area contributed by atoms with Crippen LogP contribution in [0.1, 0.15) is 38.9 Å². The normalized spacial score (nSPS) is 15.8. The lowest BCUT2D eigenvalue weighted by molar-refractivity contribution is 0.0915. The molecule has 3 aromatic rings. The van der Waals surface area contributed by atoms with Crippen molar-refractivity contribution in [3.63, 3.8) is 0 Å². The SMILES string of the molecule is Cn1c(C(=O)N[C@@H]2CCOc3cc(C(N)=O)ccc32)cc2cc(Cl)c(Cl)cc21. The maximum absolute atomic E-state index is 12.9. The molecule has 0 bridgehead atoms. The summed E-state index contributed by atoms with van der Waals surface area (Å²) in [5.74, 6) is -0.184. The van der Waals surface area contributed by atoms with Crippen LogP contribution < -0.4 is 15.8 Å². The summed E-state index contributed by atoms with van der Waals surface area (Å²) in [7, 11) is 1.80. The summed E-state index contributed by atoms with van der Waals surface area (Å²) in [5.41, 5.74) is 7.82. The van der Waals surface area contributed by atoms with Gasteiger partial charge in [-0.15, -0.1) is 0 Å². The predicted molar refractivity (Wildman–Crippen MR) is 108 cm³/mol. The highest BCUT2D eigenvalue weighted by atomic mass is 35.5. The minimum atomic E-state index is -0.523. The zero-order valence-corrected chi connectivity index (χ0v) is 16.5. The number of nitrogens with one attached hydrogen (secondary N) is 1. The van der Waals surface area contributed by atoms with Crippen molar-refractivity contribution in [1.82, 2.24) is 9.88 Å². The van der Waals surface area contributed by atoms with Crippen LogP contribution in [0.3, 0.4) is 0 Å². The largest absolute Gasteiger partial charge is 0.493 e. The van der Waals surface area contributed by atoms with Crippen molar-refractivity contribution in [2.24, 2.45) is 12.8 Å². The quantitative estimate of drug-likeness (QED) is 0.678. The Hall–Kier alpha value is -2.70. The maximum Gasteiger partial charge on any atom is 0.268 e. The van der Waals surface area contributed by atoms with E-state index < -0.39 is 5.91 Å². The number of aromatic nitrogens is 1. The minimum Gasteiger partial charge on any atom is -0.493 e. The Bertz CT molecular complexity index is 1120. The summed E-state index contributed by atoms with van der Waals surface area (Å²) in [5, 5.41) is 4.76. The van der Waals surface area contributed by atoms with E-state index in [1.54, 1.807) is 48.0 Å². The second-order valence-electron chi connectivity index (χ2n) is 6.69. The van der Waals surface area contributed by atoms with Crippen LogP contribution in [0.4, 0.5) is 0 Å². The van der Waals surface area contributed by atoms with Crippen LogP contribution in [0.2, 0.25) is 10.0 Å². The number of aryl methyl sites for hydroxylation is 1. The molecule has 0 fully saturated rings. The second-order valence-corrected chi connectivity index (χ2v) is 7.51. The third kappa shape index (κ3) is 3.19. The molecule has 1 aromatic heterocycles. The Labute approximate surface area is 171 Å². The van der Waals surface area contributed by atoms with Crippen LogP contribution in [0.5, 0.6) is 5.75 Å². The molecule has 1 aliphatic rings. The molecule has 144 valence electrons. The van der Waals surface area contributed by atoms with E-state index in [2.05, 4.69) is 5.32 Å². The molecule has 0 saturated carbocycles. The number of amides is 2. The van der Waals surface area contributed by atoms with Crippen molar-refractivity contribution in [3.8, 4) is 5.75 Å². The smallest absolute Gasteiger partial charge is 0.268 e. The zero-order valence-electron chi connectivity index (χ0n) is 15.0. The lowest BCUT2D eigenvalue weighted by Gasteiger charge is -2.27. The zero-order chi connectivity index (χ0) is 20.0. The molecule has 0 unspecified atom stereocenters. The van der Waals surface area contributed by atoms with Gasteiger partial charge in [0, 0.05) is 35.5 Å². The van der Waals surface area contributed by atoms with Gasteiger partial charge in [-0.3, -0.25) is 9.59 Å². The Morgan fingerprint density at radius 1 is 1.18 bits per heavy atom. The van der Waals surface area contributed by atoms with E-state index in [-0.39, 0.29) is 11.9 Å². The lowest BCUT2D eigenvalue weighted by atomic mass is 9.98. The Kier molecular flexibility index (Phi) is 4.69. The molecule has 2 aromatic carbocycles. The Balaban J connectivity index is 1.64. The molecule has 0 radical (unpaired) electrons. The summed E-state index contributed by atoms with van der Waals surface area (Å²) < 4.78 is 7.42. The molecule has 0 spiro atoms. The predicted octanol–water partition coefficient (Wildman–Crippen LogP) is 3.84. The van der Waals surface area contributed by atoms with Crippen LogP contribution in [-0.4, -0.2) is 23.0 Å². The summed E-state index contributed by atoms with van der Waals surface area (Å²) in [6.07, 6.45) is 0.621.